The molecule has 2 fully saturated rings. The van der Waals surface area contributed by atoms with Gasteiger partial charge in [0.1, 0.15) is 6.54 Å². The minimum Gasteiger partial charge on any atom is -0.370 e. The second kappa shape index (κ2) is 7.17. The summed E-state index contributed by atoms with van der Waals surface area (Å²) in [5.41, 5.74) is 2.74. The molecule has 8 heteroatoms. The fourth-order valence-corrected chi connectivity index (χ4v) is 4.10. The van der Waals surface area contributed by atoms with Crippen LogP contribution in [0, 0.1) is 13.8 Å². The number of carbonyl (C=O) groups excluding carboxylic acids is 1. The summed E-state index contributed by atoms with van der Waals surface area (Å²) in [5, 5.41) is 8.76. The molecule has 4 rings (SSSR count). The third-order valence-corrected chi connectivity index (χ3v) is 5.52. The van der Waals surface area contributed by atoms with E-state index in [2.05, 4.69) is 21.2 Å². The molecule has 0 spiro atoms. The highest BCUT2D eigenvalue weighted by molar-refractivity contribution is 5.76. The normalized spacial score (nSPS) is 19.9. The van der Waals surface area contributed by atoms with Crippen molar-refractivity contribution in [1.82, 2.24) is 24.5 Å². The van der Waals surface area contributed by atoms with Gasteiger partial charge in [-0.3, -0.25) is 14.3 Å². The van der Waals surface area contributed by atoms with E-state index in [1.165, 1.54) is 4.68 Å². The van der Waals surface area contributed by atoms with Crippen LogP contribution in [0.3, 0.4) is 0 Å². The molecule has 4 heterocycles. The number of hydrogen-bond donors (Lipinski definition) is 0. The second-order valence-corrected chi connectivity index (χ2v) is 7.56. The van der Waals surface area contributed by atoms with Crippen LogP contribution in [-0.2, 0) is 11.3 Å². The van der Waals surface area contributed by atoms with Crippen molar-refractivity contribution in [2.75, 3.05) is 31.1 Å². The van der Waals surface area contributed by atoms with Crippen LogP contribution in [0.4, 0.5) is 5.69 Å². The summed E-state index contributed by atoms with van der Waals surface area (Å²) in [4.78, 5) is 29.0. The SMILES string of the molecule is Cc1cc(C)n([C@@H]2CCN(C(=O)Cn3ncc(N4CCCC4)cc3=O)C2)n1. The minimum atomic E-state index is -0.220. The molecule has 1 atom stereocenters. The van der Waals surface area contributed by atoms with E-state index in [9.17, 15) is 9.59 Å². The Morgan fingerprint density at radius 2 is 1.96 bits per heavy atom. The summed E-state index contributed by atoms with van der Waals surface area (Å²) in [5.74, 6) is -0.0671. The molecule has 2 aliphatic rings. The van der Waals surface area contributed by atoms with Gasteiger partial charge < -0.3 is 9.80 Å². The molecule has 0 bridgehead atoms. The first kappa shape index (κ1) is 17.8. The maximum absolute atomic E-state index is 12.7. The summed E-state index contributed by atoms with van der Waals surface area (Å²) in [6, 6.07) is 3.84. The van der Waals surface area contributed by atoms with E-state index in [4.69, 9.17) is 0 Å². The highest BCUT2D eigenvalue weighted by Gasteiger charge is 2.29. The number of anilines is 1. The van der Waals surface area contributed by atoms with Gasteiger partial charge in [0, 0.05) is 37.9 Å². The Kier molecular flexibility index (Phi) is 4.72. The van der Waals surface area contributed by atoms with Gasteiger partial charge in [0.05, 0.1) is 23.6 Å². The molecule has 1 amide bonds. The van der Waals surface area contributed by atoms with Crippen LogP contribution in [0.2, 0.25) is 0 Å². The van der Waals surface area contributed by atoms with Crippen molar-refractivity contribution in [3.63, 3.8) is 0 Å². The molecule has 0 unspecified atom stereocenters. The minimum absolute atomic E-state index is 0.0110. The molecule has 0 aliphatic carbocycles. The Balaban J connectivity index is 1.41. The van der Waals surface area contributed by atoms with Gasteiger partial charge in [-0.15, -0.1) is 0 Å². The predicted octanol–water partition coefficient (Wildman–Crippen LogP) is 1.13. The van der Waals surface area contributed by atoms with Gasteiger partial charge in [0.25, 0.3) is 5.56 Å². The van der Waals surface area contributed by atoms with Crippen LogP contribution in [-0.4, -0.2) is 56.5 Å². The van der Waals surface area contributed by atoms with Crippen LogP contribution in [0.15, 0.2) is 23.1 Å². The van der Waals surface area contributed by atoms with Gasteiger partial charge in [-0.05, 0) is 39.2 Å². The first-order valence-electron chi connectivity index (χ1n) is 9.64. The van der Waals surface area contributed by atoms with E-state index in [1.807, 2.05) is 23.4 Å². The van der Waals surface area contributed by atoms with Gasteiger partial charge in [0.15, 0.2) is 0 Å². The maximum Gasteiger partial charge on any atom is 0.269 e. The lowest BCUT2D eigenvalue weighted by Crippen LogP contribution is -2.36. The molecule has 0 N–H and O–H groups in total. The third-order valence-electron chi connectivity index (χ3n) is 5.52. The number of carbonyl (C=O) groups is 1. The Labute approximate surface area is 158 Å². The zero-order valence-electron chi connectivity index (χ0n) is 16.0. The third kappa shape index (κ3) is 3.61. The van der Waals surface area contributed by atoms with Crippen molar-refractivity contribution in [2.45, 2.75) is 45.7 Å². The Bertz CT molecular complexity index is 896. The highest BCUT2D eigenvalue weighted by Crippen LogP contribution is 2.23. The summed E-state index contributed by atoms with van der Waals surface area (Å²) in [6.45, 7) is 7.24. The number of nitrogens with zero attached hydrogens (tertiary/aromatic N) is 6. The lowest BCUT2D eigenvalue weighted by atomic mass is 10.2. The summed E-state index contributed by atoms with van der Waals surface area (Å²) in [7, 11) is 0. The molecule has 8 nitrogen and oxygen atoms in total. The van der Waals surface area contributed by atoms with Crippen LogP contribution in [0.25, 0.3) is 0 Å². The van der Waals surface area contributed by atoms with Crippen LogP contribution < -0.4 is 10.5 Å². The molecule has 2 saturated heterocycles. The van der Waals surface area contributed by atoms with Crippen molar-refractivity contribution in [3.8, 4) is 0 Å². The number of aromatic nitrogens is 4. The van der Waals surface area contributed by atoms with Crippen LogP contribution in [0.5, 0.6) is 0 Å². The molecule has 144 valence electrons. The quantitative estimate of drug-likeness (QED) is 0.806. The van der Waals surface area contributed by atoms with Gasteiger partial charge in [-0.1, -0.05) is 0 Å². The number of amides is 1. The van der Waals surface area contributed by atoms with Gasteiger partial charge in [-0.25, -0.2) is 4.68 Å². The summed E-state index contributed by atoms with van der Waals surface area (Å²) >= 11 is 0. The molecule has 0 radical (unpaired) electrons. The number of hydrogen-bond acceptors (Lipinski definition) is 5. The zero-order valence-corrected chi connectivity index (χ0v) is 16.0. The van der Waals surface area contributed by atoms with Crippen molar-refractivity contribution in [2.24, 2.45) is 0 Å². The lowest BCUT2D eigenvalue weighted by Gasteiger charge is -2.19. The predicted molar refractivity (Wildman–Crippen MR) is 102 cm³/mol. The molecular weight excluding hydrogens is 344 g/mol. The first-order chi connectivity index (χ1) is 13.0. The van der Waals surface area contributed by atoms with Crippen molar-refractivity contribution >= 4 is 11.6 Å². The van der Waals surface area contributed by atoms with E-state index >= 15 is 0 Å². The Morgan fingerprint density at radius 3 is 2.63 bits per heavy atom. The van der Waals surface area contributed by atoms with Crippen molar-refractivity contribution in [3.05, 3.63) is 40.1 Å². The maximum atomic E-state index is 12.7. The van der Waals surface area contributed by atoms with E-state index in [0.29, 0.717) is 13.1 Å². The van der Waals surface area contributed by atoms with E-state index < -0.39 is 0 Å². The second-order valence-electron chi connectivity index (χ2n) is 7.56. The van der Waals surface area contributed by atoms with E-state index in [-0.39, 0.29) is 24.1 Å². The average molecular weight is 370 g/mol. The number of likely N-dealkylation sites (tertiary alicyclic amines) is 1. The highest BCUT2D eigenvalue weighted by atomic mass is 16.2. The van der Waals surface area contributed by atoms with Gasteiger partial charge >= 0.3 is 0 Å². The standard InChI is InChI=1S/C19H26N6O2/c1-14-9-15(2)25(21-14)16-5-8-23(12-16)19(27)13-24-18(26)10-17(11-20-24)22-6-3-4-7-22/h9-11,16H,3-8,12-13H2,1-2H3/t16-/m1/s1. The first-order valence-corrected chi connectivity index (χ1v) is 9.64. The molecule has 27 heavy (non-hydrogen) atoms. The molecule has 2 aromatic rings. The molecule has 0 saturated carbocycles. The molecule has 0 aromatic carbocycles. The van der Waals surface area contributed by atoms with E-state index in [0.717, 1.165) is 49.4 Å². The summed E-state index contributed by atoms with van der Waals surface area (Å²) < 4.78 is 3.27. The smallest absolute Gasteiger partial charge is 0.269 e. The number of rotatable bonds is 4. The Hall–Kier alpha value is -2.64. The fraction of sp³-hybridized carbons (Fsp3) is 0.579. The topological polar surface area (TPSA) is 76.3 Å². The molecule has 2 aromatic heterocycles. The zero-order chi connectivity index (χ0) is 19.0. The van der Waals surface area contributed by atoms with Crippen LogP contribution >= 0.6 is 0 Å². The molecule has 2 aliphatic heterocycles. The van der Waals surface area contributed by atoms with Gasteiger partial charge in [-0.2, -0.15) is 10.2 Å². The number of aryl methyl sites for hydroxylation is 2. The average Bonchev–Trinajstić information content (AvgIpc) is 3.37. The summed E-state index contributed by atoms with van der Waals surface area (Å²) in [6.07, 6.45) is 4.87. The van der Waals surface area contributed by atoms with Crippen molar-refractivity contribution in [1.29, 1.82) is 0 Å². The van der Waals surface area contributed by atoms with E-state index in [1.54, 1.807) is 12.3 Å². The fourth-order valence-electron chi connectivity index (χ4n) is 4.10. The van der Waals surface area contributed by atoms with Crippen molar-refractivity contribution < 1.29 is 4.79 Å². The largest absolute Gasteiger partial charge is 0.370 e. The monoisotopic (exact) mass is 370 g/mol. The molecular formula is C19H26N6O2. The van der Waals surface area contributed by atoms with Gasteiger partial charge in [0.2, 0.25) is 5.91 Å². The Morgan fingerprint density at radius 1 is 1.19 bits per heavy atom. The lowest BCUT2D eigenvalue weighted by molar-refractivity contribution is -0.131. The van der Waals surface area contributed by atoms with Crippen LogP contribution in [0.1, 0.15) is 36.7 Å².